The summed E-state index contributed by atoms with van der Waals surface area (Å²) in [7, 11) is 0. The molecule has 0 aliphatic carbocycles. The van der Waals surface area contributed by atoms with Crippen molar-refractivity contribution < 1.29 is 19.4 Å². The van der Waals surface area contributed by atoms with Gasteiger partial charge in [-0.2, -0.15) is 0 Å². The van der Waals surface area contributed by atoms with Gasteiger partial charge in [-0.25, -0.2) is 0 Å². The topological polar surface area (TPSA) is 78.9 Å². The third kappa shape index (κ3) is 8.12. The van der Waals surface area contributed by atoms with E-state index in [-0.39, 0.29) is 17.9 Å². The van der Waals surface area contributed by atoms with Crippen LogP contribution >= 0.6 is 0 Å². The number of carbonyl (C=O) groups excluding carboxylic acids is 1. The smallest absolute Gasteiger partial charge is 0.290 e. The quantitative estimate of drug-likeness (QED) is 0.542. The fourth-order valence-electron chi connectivity index (χ4n) is 2.15. The van der Waals surface area contributed by atoms with Crippen molar-refractivity contribution in [3.8, 4) is 0 Å². The Hall–Kier alpha value is -1.14. The van der Waals surface area contributed by atoms with E-state index in [4.69, 9.17) is 14.6 Å². The highest BCUT2D eigenvalue weighted by Gasteiger charge is 2.29. The highest BCUT2D eigenvalue weighted by molar-refractivity contribution is 5.76. The second-order valence-corrected chi connectivity index (χ2v) is 5.34. The Balaban J connectivity index is 0.00000110. The summed E-state index contributed by atoms with van der Waals surface area (Å²) in [6.45, 7) is 10.3. The molecule has 0 saturated carbocycles. The van der Waals surface area contributed by atoms with E-state index in [1.807, 2.05) is 6.92 Å². The van der Waals surface area contributed by atoms with E-state index in [9.17, 15) is 4.79 Å². The average Bonchev–Trinajstić information content (AvgIpc) is 2.92. The van der Waals surface area contributed by atoms with E-state index in [0.717, 1.165) is 19.6 Å². The highest BCUT2D eigenvalue weighted by atomic mass is 16.5. The molecule has 1 aliphatic rings. The van der Waals surface area contributed by atoms with E-state index in [1.165, 1.54) is 12.8 Å². The molecule has 0 atom stereocenters. The zero-order valence-corrected chi connectivity index (χ0v) is 12.9. The van der Waals surface area contributed by atoms with Gasteiger partial charge in [0.25, 0.3) is 6.47 Å². The van der Waals surface area contributed by atoms with Crippen LogP contribution in [0.3, 0.4) is 0 Å². The molecule has 2 N–H and O–H groups in total. The fraction of sp³-hybridized carbons (Fsp3) is 0.857. The summed E-state index contributed by atoms with van der Waals surface area (Å²) in [5, 5.41) is 9.89. The molecule has 1 saturated heterocycles. The van der Waals surface area contributed by atoms with Crippen LogP contribution in [-0.2, 0) is 14.3 Å². The van der Waals surface area contributed by atoms with Crippen molar-refractivity contribution in [3.05, 3.63) is 0 Å². The molecule has 6 nitrogen and oxygen atoms in total. The molecule has 0 radical (unpaired) electrons. The number of carboxylic acid groups (broad SMARTS) is 1. The molecule has 0 spiro atoms. The van der Waals surface area contributed by atoms with Gasteiger partial charge in [0.1, 0.15) is 0 Å². The van der Waals surface area contributed by atoms with Gasteiger partial charge in [-0.1, -0.05) is 0 Å². The summed E-state index contributed by atoms with van der Waals surface area (Å²) < 4.78 is 5.16. The molecule has 118 valence electrons. The Kier molecular flexibility index (Phi) is 10.0. The van der Waals surface area contributed by atoms with E-state index < -0.39 is 0 Å². The molecule has 0 aromatic rings. The number of carbonyl (C=O) groups is 2. The summed E-state index contributed by atoms with van der Waals surface area (Å²) in [6, 6.07) is 0. The number of nitrogens with zero attached hydrogens (tertiary/aromatic N) is 1. The van der Waals surface area contributed by atoms with Gasteiger partial charge in [-0.15, -0.1) is 0 Å². The van der Waals surface area contributed by atoms with Crippen molar-refractivity contribution >= 4 is 12.4 Å². The first-order valence-corrected chi connectivity index (χ1v) is 7.15. The number of hydrogen-bond acceptors (Lipinski definition) is 4. The number of likely N-dealkylation sites (tertiary alicyclic amines) is 1. The predicted molar refractivity (Wildman–Crippen MR) is 77.7 cm³/mol. The Morgan fingerprint density at radius 2 is 1.95 bits per heavy atom. The third-order valence-electron chi connectivity index (χ3n) is 3.36. The average molecular weight is 288 g/mol. The molecule has 1 fully saturated rings. The van der Waals surface area contributed by atoms with Crippen LogP contribution in [0, 0.1) is 0 Å². The van der Waals surface area contributed by atoms with E-state index in [0.29, 0.717) is 19.6 Å². The van der Waals surface area contributed by atoms with Crippen LogP contribution in [0.4, 0.5) is 0 Å². The van der Waals surface area contributed by atoms with Gasteiger partial charge < -0.3 is 15.2 Å². The monoisotopic (exact) mass is 288 g/mol. The van der Waals surface area contributed by atoms with Crippen molar-refractivity contribution in [1.29, 1.82) is 0 Å². The van der Waals surface area contributed by atoms with Crippen molar-refractivity contribution in [2.45, 2.75) is 45.6 Å². The zero-order chi connectivity index (χ0) is 15.4. The lowest BCUT2D eigenvalue weighted by Crippen LogP contribution is -2.50. The highest BCUT2D eigenvalue weighted by Crippen LogP contribution is 2.19. The number of hydrogen-bond donors (Lipinski definition) is 2. The van der Waals surface area contributed by atoms with Crippen molar-refractivity contribution in [2.24, 2.45) is 0 Å². The summed E-state index contributed by atoms with van der Waals surface area (Å²) >= 11 is 0. The Labute approximate surface area is 121 Å². The van der Waals surface area contributed by atoms with Crippen LogP contribution in [0.25, 0.3) is 0 Å². The fourth-order valence-corrected chi connectivity index (χ4v) is 2.15. The van der Waals surface area contributed by atoms with Gasteiger partial charge in [0, 0.05) is 25.1 Å². The number of ether oxygens (including phenoxy) is 1. The van der Waals surface area contributed by atoms with Gasteiger partial charge in [0.15, 0.2) is 0 Å². The summed E-state index contributed by atoms with van der Waals surface area (Å²) in [4.78, 5) is 22.4. The van der Waals surface area contributed by atoms with E-state index in [1.54, 1.807) is 0 Å². The second-order valence-electron chi connectivity index (χ2n) is 5.34. The predicted octanol–water partition coefficient (Wildman–Crippen LogP) is 1.10. The van der Waals surface area contributed by atoms with Crippen molar-refractivity contribution in [2.75, 3.05) is 32.8 Å². The first-order valence-electron chi connectivity index (χ1n) is 7.15. The molecular weight excluding hydrogens is 260 g/mol. The van der Waals surface area contributed by atoms with Crippen LogP contribution < -0.4 is 5.32 Å². The van der Waals surface area contributed by atoms with Crippen LogP contribution in [0.1, 0.15) is 40.0 Å². The van der Waals surface area contributed by atoms with Gasteiger partial charge in [-0.3, -0.25) is 14.5 Å². The second kappa shape index (κ2) is 10.6. The normalized spacial score (nSPS) is 15.3. The van der Waals surface area contributed by atoms with Gasteiger partial charge in [0.2, 0.25) is 5.91 Å². The minimum atomic E-state index is -0.250. The number of rotatable bonds is 7. The number of nitrogens with one attached hydrogen (secondary N) is 1. The SMILES string of the molecule is CCOCCC(=O)NCC(C)(C)N1CCCC1.O=CO. The van der Waals surface area contributed by atoms with Crippen molar-refractivity contribution in [1.82, 2.24) is 10.2 Å². The molecule has 0 bridgehead atoms. The maximum atomic E-state index is 11.6. The largest absolute Gasteiger partial charge is 0.483 e. The summed E-state index contributed by atoms with van der Waals surface area (Å²) in [5.41, 5.74) is 0.0672. The molecule has 1 rings (SSSR count). The van der Waals surface area contributed by atoms with Gasteiger partial charge >= 0.3 is 0 Å². The van der Waals surface area contributed by atoms with Crippen LogP contribution in [0.5, 0.6) is 0 Å². The Morgan fingerprint density at radius 1 is 1.40 bits per heavy atom. The Bertz CT molecular complexity index is 276. The maximum Gasteiger partial charge on any atom is 0.290 e. The van der Waals surface area contributed by atoms with Gasteiger partial charge in [0.05, 0.1) is 6.61 Å². The molecule has 1 aliphatic heterocycles. The summed E-state index contributed by atoms with van der Waals surface area (Å²) in [5.74, 6) is 0.0886. The van der Waals surface area contributed by atoms with Crippen molar-refractivity contribution in [3.63, 3.8) is 0 Å². The Morgan fingerprint density at radius 3 is 2.45 bits per heavy atom. The molecule has 0 aromatic carbocycles. The summed E-state index contributed by atoms with van der Waals surface area (Å²) in [6.07, 6.45) is 3.02. The van der Waals surface area contributed by atoms with Crippen LogP contribution in [0.2, 0.25) is 0 Å². The van der Waals surface area contributed by atoms with Crippen LogP contribution in [0.15, 0.2) is 0 Å². The van der Waals surface area contributed by atoms with Crippen LogP contribution in [-0.4, -0.2) is 60.8 Å². The third-order valence-corrected chi connectivity index (χ3v) is 3.36. The molecule has 0 aromatic heterocycles. The number of amides is 1. The molecular formula is C14H28N2O4. The maximum absolute atomic E-state index is 11.6. The molecule has 1 amide bonds. The zero-order valence-electron chi connectivity index (χ0n) is 12.9. The van der Waals surface area contributed by atoms with Gasteiger partial charge in [-0.05, 0) is 46.7 Å². The first-order chi connectivity index (χ1) is 9.47. The molecule has 1 heterocycles. The molecule has 6 heteroatoms. The first kappa shape index (κ1) is 18.9. The minimum Gasteiger partial charge on any atom is -0.483 e. The minimum absolute atomic E-state index is 0.0672. The lowest BCUT2D eigenvalue weighted by atomic mass is 10.0. The van der Waals surface area contributed by atoms with E-state index >= 15 is 0 Å². The molecule has 0 unspecified atom stereocenters. The molecule has 20 heavy (non-hydrogen) atoms. The van der Waals surface area contributed by atoms with E-state index in [2.05, 4.69) is 24.1 Å². The standard InChI is InChI=1S/C13H26N2O2.CH2O2/c1-4-17-10-7-12(16)14-11-13(2,3)15-8-5-6-9-15;2-1-3/h4-11H2,1-3H3,(H,14,16);1H,(H,2,3). The lowest BCUT2D eigenvalue weighted by Gasteiger charge is -2.35. The lowest BCUT2D eigenvalue weighted by molar-refractivity contribution is -0.123.